The van der Waals surface area contributed by atoms with Gasteiger partial charge < -0.3 is 4.57 Å². The van der Waals surface area contributed by atoms with Gasteiger partial charge in [-0.15, -0.1) is 0 Å². The summed E-state index contributed by atoms with van der Waals surface area (Å²) in [5.41, 5.74) is 19.7. The Morgan fingerprint density at radius 2 is 0.774 bits per heavy atom. The summed E-state index contributed by atoms with van der Waals surface area (Å²) in [5.74, 6) is 0. The monoisotopic (exact) mass is 679 g/mol. The fourth-order valence-corrected chi connectivity index (χ4v) is 8.06. The van der Waals surface area contributed by atoms with Crippen molar-refractivity contribution in [1.29, 1.82) is 0 Å². The van der Waals surface area contributed by atoms with E-state index in [1.807, 2.05) is 0 Å². The van der Waals surface area contributed by atoms with E-state index in [9.17, 15) is 0 Å². The zero-order valence-corrected chi connectivity index (χ0v) is 30.5. The number of fused-ring (bicyclic) bond motifs is 3. The molecule has 9 rings (SSSR count). The first-order chi connectivity index (χ1) is 26.0. The molecule has 0 aliphatic rings. The Morgan fingerprint density at radius 1 is 0.321 bits per heavy atom. The van der Waals surface area contributed by atoms with Crippen LogP contribution in [0.3, 0.4) is 0 Å². The van der Waals surface area contributed by atoms with E-state index in [-0.39, 0.29) is 0 Å². The zero-order valence-electron chi connectivity index (χ0n) is 30.5. The maximum absolute atomic E-state index is 2.43. The van der Waals surface area contributed by atoms with Crippen molar-refractivity contribution in [2.24, 2.45) is 0 Å². The van der Waals surface area contributed by atoms with Crippen LogP contribution >= 0.6 is 0 Å². The molecule has 254 valence electrons. The molecule has 0 saturated heterocycles. The normalized spacial score (nSPS) is 11.4. The number of aryl methyl sites for hydroxylation is 3. The highest BCUT2D eigenvalue weighted by atomic mass is 15.0. The average Bonchev–Trinajstić information content (AvgIpc) is 3.54. The van der Waals surface area contributed by atoms with E-state index in [1.54, 1.807) is 0 Å². The molecule has 1 aromatic heterocycles. The number of nitrogens with zero attached hydrogens (tertiary/aromatic N) is 1. The Balaban J connectivity index is 1.29. The Morgan fingerprint density at radius 3 is 1.38 bits per heavy atom. The lowest BCUT2D eigenvalue weighted by Gasteiger charge is -2.16. The topological polar surface area (TPSA) is 4.93 Å². The van der Waals surface area contributed by atoms with Gasteiger partial charge in [0.15, 0.2) is 0 Å². The van der Waals surface area contributed by atoms with Crippen molar-refractivity contribution in [2.75, 3.05) is 0 Å². The molecule has 0 aliphatic heterocycles. The fourth-order valence-electron chi connectivity index (χ4n) is 8.06. The minimum atomic E-state index is 0.932. The third kappa shape index (κ3) is 6.05. The van der Waals surface area contributed by atoms with Gasteiger partial charge in [0.05, 0.1) is 0 Å². The lowest BCUT2D eigenvalue weighted by atomic mass is 9.88. The summed E-state index contributed by atoms with van der Waals surface area (Å²) >= 11 is 0. The fraction of sp³-hybridized carbons (Fsp3) is 0.0769. The van der Waals surface area contributed by atoms with E-state index in [2.05, 4.69) is 207 Å². The van der Waals surface area contributed by atoms with Crippen LogP contribution in [0.4, 0.5) is 0 Å². The largest absolute Gasteiger partial charge is 0.341 e. The second-order valence-electron chi connectivity index (χ2n) is 14.2. The van der Waals surface area contributed by atoms with Crippen molar-refractivity contribution in [3.8, 4) is 66.8 Å². The van der Waals surface area contributed by atoms with Crippen molar-refractivity contribution < 1.29 is 0 Å². The molecule has 0 bridgehead atoms. The maximum Gasteiger partial charge on any atom is 0.0491 e. The van der Waals surface area contributed by atoms with Crippen LogP contribution < -0.4 is 0 Å². The number of aromatic nitrogens is 1. The van der Waals surface area contributed by atoms with E-state index in [4.69, 9.17) is 0 Å². The molecular weight excluding hydrogens is 639 g/mol. The molecule has 8 aromatic carbocycles. The number of hydrogen-bond donors (Lipinski definition) is 0. The molecular formula is C52H41N. The molecule has 1 heteroatoms. The standard InChI is InChI=1S/C52H41N/c1-4-53-51-22-14-13-21-48(51)50-34-40(25-26-52(50)53)44-30-43(39-24-23-36(3)49(33-39)47-20-12-11-15-35(47)2)31-46(32-44)45-28-41(37-16-7-5-8-17-37)27-42(29-45)38-18-9-6-10-19-38/h5-34H,4H2,1-3H3. The Bertz CT molecular complexity index is 2710. The minimum absolute atomic E-state index is 0.932. The zero-order chi connectivity index (χ0) is 35.9. The molecule has 0 saturated carbocycles. The van der Waals surface area contributed by atoms with E-state index in [0.717, 1.165) is 6.54 Å². The average molecular weight is 680 g/mol. The SMILES string of the molecule is CCn1c2ccccc2c2cc(-c3cc(-c4cc(-c5ccccc5)cc(-c5ccccc5)c4)cc(-c4ccc(C)c(-c5ccccc5C)c4)c3)ccc21. The highest BCUT2D eigenvalue weighted by molar-refractivity contribution is 6.09. The Kier molecular flexibility index (Phi) is 8.33. The third-order valence-corrected chi connectivity index (χ3v) is 10.8. The van der Waals surface area contributed by atoms with Crippen LogP contribution in [0.25, 0.3) is 88.6 Å². The first kappa shape index (κ1) is 32.5. The van der Waals surface area contributed by atoms with Gasteiger partial charge in [-0.05, 0) is 159 Å². The van der Waals surface area contributed by atoms with Gasteiger partial charge in [-0.3, -0.25) is 0 Å². The van der Waals surface area contributed by atoms with Gasteiger partial charge in [0.1, 0.15) is 0 Å². The Hall–Kier alpha value is -6.44. The number of hydrogen-bond acceptors (Lipinski definition) is 0. The summed E-state index contributed by atoms with van der Waals surface area (Å²) in [6, 6.07) is 67.1. The van der Waals surface area contributed by atoms with Gasteiger partial charge in [0.2, 0.25) is 0 Å². The molecule has 0 spiro atoms. The molecule has 0 aliphatic carbocycles. The lowest BCUT2D eigenvalue weighted by molar-refractivity contribution is 0.827. The molecule has 53 heavy (non-hydrogen) atoms. The molecule has 0 unspecified atom stereocenters. The van der Waals surface area contributed by atoms with E-state index in [1.165, 1.54) is 99.7 Å². The summed E-state index contributed by atoms with van der Waals surface area (Å²) in [5, 5.41) is 2.59. The van der Waals surface area contributed by atoms with Crippen molar-refractivity contribution in [1.82, 2.24) is 4.57 Å². The molecule has 1 heterocycles. The lowest BCUT2D eigenvalue weighted by Crippen LogP contribution is -1.93. The predicted octanol–water partition coefficient (Wildman–Crippen LogP) is 14.4. The number of rotatable bonds is 7. The number of benzene rings is 8. The van der Waals surface area contributed by atoms with Crippen molar-refractivity contribution >= 4 is 21.8 Å². The van der Waals surface area contributed by atoms with Crippen molar-refractivity contribution in [2.45, 2.75) is 27.3 Å². The van der Waals surface area contributed by atoms with E-state index in [0.29, 0.717) is 0 Å². The van der Waals surface area contributed by atoms with Gasteiger partial charge in [0.25, 0.3) is 0 Å². The first-order valence-corrected chi connectivity index (χ1v) is 18.6. The van der Waals surface area contributed by atoms with Crippen LogP contribution in [0.15, 0.2) is 182 Å². The summed E-state index contributed by atoms with van der Waals surface area (Å²) in [6.45, 7) is 7.59. The van der Waals surface area contributed by atoms with Crippen LogP contribution in [-0.2, 0) is 6.54 Å². The smallest absolute Gasteiger partial charge is 0.0491 e. The first-order valence-electron chi connectivity index (χ1n) is 18.6. The van der Waals surface area contributed by atoms with Crippen LogP contribution in [0, 0.1) is 13.8 Å². The van der Waals surface area contributed by atoms with Gasteiger partial charge in [-0.1, -0.05) is 121 Å². The van der Waals surface area contributed by atoms with Gasteiger partial charge in [0, 0.05) is 28.4 Å². The summed E-state index contributed by atoms with van der Waals surface area (Å²) in [4.78, 5) is 0. The highest BCUT2D eigenvalue weighted by Gasteiger charge is 2.15. The summed E-state index contributed by atoms with van der Waals surface area (Å²) in [7, 11) is 0. The molecule has 0 amide bonds. The highest BCUT2D eigenvalue weighted by Crippen LogP contribution is 2.40. The predicted molar refractivity (Wildman–Crippen MR) is 227 cm³/mol. The second kappa shape index (κ2) is 13.6. The molecule has 0 atom stereocenters. The van der Waals surface area contributed by atoms with Crippen LogP contribution in [0.2, 0.25) is 0 Å². The van der Waals surface area contributed by atoms with E-state index < -0.39 is 0 Å². The van der Waals surface area contributed by atoms with Gasteiger partial charge >= 0.3 is 0 Å². The number of para-hydroxylation sites is 1. The summed E-state index contributed by atoms with van der Waals surface area (Å²) < 4.78 is 2.43. The second-order valence-corrected chi connectivity index (χ2v) is 14.2. The van der Waals surface area contributed by atoms with Gasteiger partial charge in [-0.2, -0.15) is 0 Å². The van der Waals surface area contributed by atoms with Crippen LogP contribution in [-0.4, -0.2) is 4.57 Å². The minimum Gasteiger partial charge on any atom is -0.341 e. The molecule has 0 radical (unpaired) electrons. The van der Waals surface area contributed by atoms with Crippen molar-refractivity contribution in [3.63, 3.8) is 0 Å². The van der Waals surface area contributed by atoms with E-state index >= 15 is 0 Å². The maximum atomic E-state index is 2.43. The van der Waals surface area contributed by atoms with Gasteiger partial charge in [-0.25, -0.2) is 0 Å². The Labute approximate surface area is 312 Å². The molecule has 0 N–H and O–H groups in total. The summed E-state index contributed by atoms with van der Waals surface area (Å²) in [6.07, 6.45) is 0. The third-order valence-electron chi connectivity index (χ3n) is 10.8. The van der Waals surface area contributed by atoms with Crippen LogP contribution in [0.1, 0.15) is 18.1 Å². The molecule has 1 nitrogen and oxygen atoms in total. The molecule has 0 fully saturated rings. The van der Waals surface area contributed by atoms with Crippen LogP contribution in [0.5, 0.6) is 0 Å². The quantitative estimate of drug-likeness (QED) is 0.158. The molecule has 9 aromatic rings. The van der Waals surface area contributed by atoms with Crippen molar-refractivity contribution in [3.05, 3.63) is 193 Å².